The monoisotopic (exact) mass is 366 g/mol. The molecule has 0 aliphatic heterocycles. The van der Waals surface area contributed by atoms with Gasteiger partial charge in [-0.1, -0.05) is 24.3 Å². The lowest BCUT2D eigenvalue weighted by atomic mass is 10.0. The van der Waals surface area contributed by atoms with E-state index >= 15 is 0 Å². The number of benzene rings is 3. The first-order valence-corrected chi connectivity index (χ1v) is 8.35. The zero-order chi connectivity index (χ0) is 19.4. The van der Waals surface area contributed by atoms with Gasteiger partial charge in [-0.3, -0.25) is 9.59 Å². The predicted octanol–water partition coefficient (Wildman–Crippen LogP) is 3.70. The van der Waals surface area contributed by atoms with E-state index < -0.39 is 0 Å². The summed E-state index contributed by atoms with van der Waals surface area (Å²) in [5.41, 5.74) is 0.846. The van der Waals surface area contributed by atoms with Gasteiger partial charge in [-0.2, -0.15) is 0 Å². The second-order valence-corrected chi connectivity index (χ2v) is 6.12. The number of methoxy groups -OCH3 is 1. The molecule has 0 aromatic heterocycles. The minimum absolute atomic E-state index is 0.147. The summed E-state index contributed by atoms with van der Waals surface area (Å²) >= 11 is 0. The highest BCUT2D eigenvalue weighted by molar-refractivity contribution is 6.03. The summed E-state index contributed by atoms with van der Waals surface area (Å²) in [7, 11) is 3.04. The van der Waals surface area contributed by atoms with Crippen LogP contribution in [-0.2, 0) is 4.79 Å². The highest BCUT2D eigenvalue weighted by Gasteiger charge is 2.19. The Hall–Kier alpha value is -3.41. The molecule has 0 fully saturated rings. The number of fused-ring (bicyclic) bond motifs is 1. The minimum Gasteiger partial charge on any atom is -0.496 e. The summed E-state index contributed by atoms with van der Waals surface area (Å²) in [5.74, 6) is -0.641. The van der Waals surface area contributed by atoms with Gasteiger partial charge >= 0.3 is 0 Å². The fraction of sp³-hybridized carbons (Fsp3) is 0.143. The number of ether oxygens (including phenoxy) is 1. The largest absolute Gasteiger partial charge is 0.496 e. The molecule has 0 bridgehead atoms. The standard InChI is InChI=1S/C21H19FN2O3/c1-24(13-20(25)23-17-9-7-16(22)8-10-17)21(26)18-11-14-5-3-4-6-15(14)12-19(18)27-2/h3-12H,13H2,1-2H3,(H,23,25). The number of carbonyl (C=O) groups excluding carboxylic acids is 2. The Kier molecular flexibility index (Phi) is 5.35. The first-order valence-electron chi connectivity index (χ1n) is 8.35. The van der Waals surface area contributed by atoms with Gasteiger partial charge in [0.05, 0.1) is 19.2 Å². The molecule has 0 heterocycles. The van der Waals surface area contributed by atoms with Crippen LogP contribution >= 0.6 is 0 Å². The van der Waals surface area contributed by atoms with E-state index in [0.29, 0.717) is 17.0 Å². The van der Waals surface area contributed by atoms with E-state index in [0.717, 1.165) is 10.8 Å². The van der Waals surface area contributed by atoms with Gasteiger partial charge in [0.2, 0.25) is 5.91 Å². The molecule has 3 aromatic rings. The molecule has 0 spiro atoms. The molecule has 0 radical (unpaired) electrons. The number of amides is 2. The van der Waals surface area contributed by atoms with Crippen LogP contribution in [0.3, 0.4) is 0 Å². The van der Waals surface area contributed by atoms with E-state index in [4.69, 9.17) is 4.74 Å². The third-order valence-electron chi connectivity index (χ3n) is 4.15. The van der Waals surface area contributed by atoms with Gasteiger partial charge in [-0.15, -0.1) is 0 Å². The Morgan fingerprint density at radius 1 is 1.04 bits per heavy atom. The van der Waals surface area contributed by atoms with Crippen molar-refractivity contribution >= 4 is 28.3 Å². The first-order chi connectivity index (χ1) is 13.0. The Morgan fingerprint density at radius 2 is 1.67 bits per heavy atom. The fourth-order valence-corrected chi connectivity index (χ4v) is 2.78. The summed E-state index contributed by atoms with van der Waals surface area (Å²) in [6.07, 6.45) is 0. The van der Waals surface area contributed by atoms with E-state index in [2.05, 4.69) is 5.32 Å². The molecule has 0 unspecified atom stereocenters. The van der Waals surface area contributed by atoms with Gasteiger partial charge in [0.15, 0.2) is 0 Å². The highest BCUT2D eigenvalue weighted by Crippen LogP contribution is 2.26. The maximum absolute atomic E-state index is 12.9. The zero-order valence-corrected chi connectivity index (χ0v) is 15.0. The molecule has 5 nitrogen and oxygen atoms in total. The number of carbonyl (C=O) groups is 2. The van der Waals surface area contributed by atoms with Crippen molar-refractivity contribution < 1.29 is 18.7 Å². The Morgan fingerprint density at radius 3 is 2.30 bits per heavy atom. The van der Waals surface area contributed by atoms with Gasteiger partial charge in [0.25, 0.3) is 5.91 Å². The van der Waals surface area contributed by atoms with E-state index in [1.54, 1.807) is 19.2 Å². The van der Waals surface area contributed by atoms with Crippen LogP contribution in [0.5, 0.6) is 5.75 Å². The maximum atomic E-state index is 12.9. The summed E-state index contributed by atoms with van der Waals surface area (Å²) in [4.78, 5) is 26.3. The van der Waals surface area contributed by atoms with Gasteiger partial charge < -0.3 is 15.0 Å². The Labute approximate surface area is 156 Å². The van der Waals surface area contributed by atoms with Crippen LogP contribution in [0.4, 0.5) is 10.1 Å². The third kappa shape index (κ3) is 4.23. The van der Waals surface area contributed by atoms with Crippen LogP contribution in [0.25, 0.3) is 10.8 Å². The van der Waals surface area contributed by atoms with Gasteiger partial charge in [-0.25, -0.2) is 4.39 Å². The van der Waals surface area contributed by atoms with Crippen LogP contribution in [0.15, 0.2) is 60.7 Å². The van der Waals surface area contributed by atoms with E-state index in [1.165, 1.54) is 36.3 Å². The van der Waals surface area contributed by atoms with Crippen LogP contribution < -0.4 is 10.1 Å². The summed E-state index contributed by atoms with van der Waals surface area (Å²) in [6.45, 7) is -0.147. The Balaban J connectivity index is 1.75. The molecule has 138 valence electrons. The molecule has 0 atom stereocenters. The minimum atomic E-state index is -0.385. The lowest BCUT2D eigenvalue weighted by Gasteiger charge is -2.19. The summed E-state index contributed by atoms with van der Waals surface area (Å²) in [5, 5.41) is 4.50. The average Bonchev–Trinajstić information content (AvgIpc) is 2.68. The summed E-state index contributed by atoms with van der Waals surface area (Å²) < 4.78 is 18.3. The molecule has 0 aliphatic rings. The van der Waals surface area contributed by atoms with Gasteiger partial charge in [-0.05, 0) is 47.2 Å². The quantitative estimate of drug-likeness (QED) is 0.749. The number of anilines is 1. The molecular weight excluding hydrogens is 347 g/mol. The molecular formula is C21H19FN2O3. The number of nitrogens with one attached hydrogen (secondary N) is 1. The van der Waals surface area contributed by atoms with Crippen molar-refractivity contribution in [2.45, 2.75) is 0 Å². The van der Waals surface area contributed by atoms with E-state index in [1.807, 2.05) is 24.3 Å². The molecule has 0 saturated heterocycles. The average molecular weight is 366 g/mol. The molecule has 3 aromatic carbocycles. The van der Waals surface area contributed by atoms with Crippen molar-refractivity contribution in [1.29, 1.82) is 0 Å². The number of halogens is 1. The second kappa shape index (κ2) is 7.86. The Bertz CT molecular complexity index is 986. The number of rotatable bonds is 5. The highest BCUT2D eigenvalue weighted by atomic mass is 19.1. The number of likely N-dealkylation sites (N-methyl/N-ethyl adjacent to an activating group) is 1. The van der Waals surface area contributed by atoms with Crippen molar-refractivity contribution in [1.82, 2.24) is 4.90 Å². The lowest BCUT2D eigenvalue weighted by Crippen LogP contribution is -2.35. The predicted molar refractivity (Wildman–Crippen MR) is 102 cm³/mol. The van der Waals surface area contributed by atoms with Crippen molar-refractivity contribution in [3.05, 3.63) is 72.0 Å². The molecule has 3 rings (SSSR count). The fourth-order valence-electron chi connectivity index (χ4n) is 2.78. The van der Waals surface area contributed by atoms with Crippen molar-refractivity contribution in [2.24, 2.45) is 0 Å². The smallest absolute Gasteiger partial charge is 0.257 e. The maximum Gasteiger partial charge on any atom is 0.257 e. The zero-order valence-electron chi connectivity index (χ0n) is 15.0. The lowest BCUT2D eigenvalue weighted by molar-refractivity contribution is -0.116. The first kappa shape index (κ1) is 18.4. The number of hydrogen-bond donors (Lipinski definition) is 1. The van der Waals surface area contributed by atoms with E-state index in [-0.39, 0.29) is 24.2 Å². The van der Waals surface area contributed by atoms with Crippen molar-refractivity contribution in [3.8, 4) is 5.75 Å². The van der Waals surface area contributed by atoms with Crippen LogP contribution in [0.2, 0.25) is 0 Å². The molecule has 27 heavy (non-hydrogen) atoms. The molecule has 0 aliphatic carbocycles. The molecule has 0 saturated carbocycles. The van der Waals surface area contributed by atoms with Crippen LogP contribution in [0, 0.1) is 5.82 Å². The number of nitrogens with zero attached hydrogens (tertiary/aromatic N) is 1. The molecule has 1 N–H and O–H groups in total. The molecule has 2 amide bonds. The topological polar surface area (TPSA) is 58.6 Å². The SMILES string of the molecule is COc1cc2ccccc2cc1C(=O)N(C)CC(=O)Nc1ccc(F)cc1. The molecule has 6 heteroatoms. The van der Waals surface area contributed by atoms with Crippen LogP contribution in [-0.4, -0.2) is 37.4 Å². The van der Waals surface area contributed by atoms with Crippen molar-refractivity contribution in [3.63, 3.8) is 0 Å². The van der Waals surface area contributed by atoms with Crippen LogP contribution in [0.1, 0.15) is 10.4 Å². The third-order valence-corrected chi connectivity index (χ3v) is 4.15. The summed E-state index contributed by atoms with van der Waals surface area (Å²) in [6, 6.07) is 16.6. The van der Waals surface area contributed by atoms with Crippen molar-refractivity contribution in [2.75, 3.05) is 26.0 Å². The van der Waals surface area contributed by atoms with Gasteiger partial charge in [0, 0.05) is 12.7 Å². The normalized spacial score (nSPS) is 10.5. The van der Waals surface area contributed by atoms with E-state index in [9.17, 15) is 14.0 Å². The van der Waals surface area contributed by atoms with Gasteiger partial charge in [0.1, 0.15) is 11.6 Å². The number of hydrogen-bond acceptors (Lipinski definition) is 3. The second-order valence-electron chi connectivity index (χ2n) is 6.12.